The summed E-state index contributed by atoms with van der Waals surface area (Å²) < 4.78 is 12.6. The Morgan fingerprint density at radius 3 is 2.91 bits per heavy atom. The van der Waals surface area contributed by atoms with Crippen molar-refractivity contribution in [2.75, 3.05) is 18.2 Å². The van der Waals surface area contributed by atoms with Gasteiger partial charge in [-0.1, -0.05) is 30.8 Å². The zero-order chi connectivity index (χ0) is 24.2. The third-order valence-corrected chi connectivity index (χ3v) is 7.96. The Bertz CT molecular complexity index is 1200. The maximum Gasteiger partial charge on any atom is 0.341 e. The topological polar surface area (TPSA) is 95.3 Å². The average molecular weight is 501 g/mol. The SMILES string of the molecule is COC(=O)c1c(NC(=O)CSc2nnc(COc3cccc(C)c3)n2C)sc2c1CCC(C)C2. The summed E-state index contributed by atoms with van der Waals surface area (Å²) in [5, 5.41) is 12.5. The summed E-state index contributed by atoms with van der Waals surface area (Å²) in [6.07, 6.45) is 2.77. The van der Waals surface area contributed by atoms with Crippen molar-refractivity contribution in [1.82, 2.24) is 14.8 Å². The number of anilines is 1. The van der Waals surface area contributed by atoms with E-state index in [2.05, 4.69) is 22.4 Å². The van der Waals surface area contributed by atoms with Crippen molar-refractivity contribution in [1.29, 1.82) is 0 Å². The molecule has 10 heteroatoms. The van der Waals surface area contributed by atoms with E-state index in [1.807, 2.05) is 42.8 Å². The lowest BCUT2D eigenvalue weighted by Crippen LogP contribution is -2.17. The summed E-state index contributed by atoms with van der Waals surface area (Å²) >= 11 is 2.77. The highest BCUT2D eigenvalue weighted by molar-refractivity contribution is 7.99. The van der Waals surface area contributed by atoms with E-state index in [1.165, 1.54) is 30.2 Å². The number of methoxy groups -OCH3 is 1. The molecule has 3 aromatic rings. The number of esters is 1. The van der Waals surface area contributed by atoms with Gasteiger partial charge in [-0.05, 0) is 55.4 Å². The molecule has 8 nitrogen and oxygen atoms in total. The summed E-state index contributed by atoms with van der Waals surface area (Å²) in [5.41, 5.74) is 2.64. The number of aryl methyl sites for hydroxylation is 1. The molecule has 1 N–H and O–H groups in total. The van der Waals surface area contributed by atoms with E-state index in [9.17, 15) is 9.59 Å². The molecule has 0 aliphatic heterocycles. The number of thioether (sulfide) groups is 1. The van der Waals surface area contributed by atoms with Crippen molar-refractivity contribution in [3.8, 4) is 5.75 Å². The van der Waals surface area contributed by atoms with Crippen molar-refractivity contribution in [3.63, 3.8) is 0 Å². The maximum absolute atomic E-state index is 12.7. The second-order valence-corrected chi connectivity index (χ2v) is 10.5. The summed E-state index contributed by atoms with van der Waals surface area (Å²) in [4.78, 5) is 26.3. The normalized spacial score (nSPS) is 15.0. The molecule has 1 aromatic carbocycles. The number of carbonyl (C=O) groups is 2. The fourth-order valence-corrected chi connectivity index (χ4v) is 6.04. The molecule has 4 rings (SSSR count). The molecule has 1 unspecified atom stereocenters. The number of ether oxygens (including phenoxy) is 2. The van der Waals surface area contributed by atoms with Crippen LogP contribution in [-0.2, 0) is 36.0 Å². The van der Waals surface area contributed by atoms with Gasteiger partial charge in [0, 0.05) is 11.9 Å². The lowest BCUT2D eigenvalue weighted by molar-refractivity contribution is -0.113. The molecule has 2 heterocycles. The van der Waals surface area contributed by atoms with E-state index in [1.54, 1.807) is 0 Å². The number of thiophene rings is 1. The first-order chi connectivity index (χ1) is 16.4. The third kappa shape index (κ3) is 5.44. The standard InChI is InChI=1S/C24H28N4O4S2/c1-14-6-5-7-16(10-14)32-12-19-26-27-24(28(19)3)33-13-20(29)25-22-21(23(30)31-4)17-9-8-15(2)11-18(17)34-22/h5-7,10,15H,8-9,11-13H2,1-4H3,(H,25,29). The number of nitrogens with one attached hydrogen (secondary N) is 1. The van der Waals surface area contributed by atoms with Crippen LogP contribution in [0.4, 0.5) is 5.00 Å². The quantitative estimate of drug-likeness (QED) is 0.362. The average Bonchev–Trinajstić information content (AvgIpc) is 3.34. The van der Waals surface area contributed by atoms with E-state index in [0.29, 0.717) is 27.5 Å². The van der Waals surface area contributed by atoms with Crippen LogP contribution in [0.1, 0.15) is 45.5 Å². The highest BCUT2D eigenvalue weighted by atomic mass is 32.2. The molecule has 0 fully saturated rings. The van der Waals surface area contributed by atoms with Gasteiger partial charge in [0.15, 0.2) is 11.0 Å². The Hall–Kier alpha value is -2.85. The van der Waals surface area contributed by atoms with Gasteiger partial charge in [-0.3, -0.25) is 4.79 Å². The van der Waals surface area contributed by atoms with Crippen molar-refractivity contribution >= 4 is 40.0 Å². The number of carbonyl (C=O) groups excluding carboxylic acids is 2. The molecule has 180 valence electrons. The molecule has 1 aliphatic carbocycles. The van der Waals surface area contributed by atoms with Crippen molar-refractivity contribution in [2.24, 2.45) is 13.0 Å². The smallest absolute Gasteiger partial charge is 0.341 e. The van der Waals surface area contributed by atoms with Crippen molar-refractivity contribution < 1.29 is 19.1 Å². The summed E-state index contributed by atoms with van der Waals surface area (Å²) in [6.45, 7) is 4.49. The zero-order valence-corrected chi connectivity index (χ0v) is 21.3. The molecule has 0 bridgehead atoms. The Balaban J connectivity index is 1.38. The van der Waals surface area contributed by atoms with Crippen LogP contribution in [0, 0.1) is 12.8 Å². The van der Waals surface area contributed by atoms with Crippen LogP contribution in [0.5, 0.6) is 5.75 Å². The minimum absolute atomic E-state index is 0.143. The number of fused-ring (bicyclic) bond motifs is 1. The Labute approximate surface area is 207 Å². The van der Waals surface area contributed by atoms with Gasteiger partial charge >= 0.3 is 5.97 Å². The largest absolute Gasteiger partial charge is 0.486 e. The maximum atomic E-state index is 12.7. The minimum atomic E-state index is -0.401. The minimum Gasteiger partial charge on any atom is -0.486 e. The predicted molar refractivity (Wildman–Crippen MR) is 133 cm³/mol. The lowest BCUT2D eigenvalue weighted by Gasteiger charge is -2.18. The zero-order valence-electron chi connectivity index (χ0n) is 19.7. The highest BCUT2D eigenvalue weighted by Crippen LogP contribution is 2.40. The molecule has 0 spiro atoms. The van der Waals surface area contributed by atoms with Gasteiger partial charge < -0.3 is 19.4 Å². The van der Waals surface area contributed by atoms with Crippen LogP contribution >= 0.6 is 23.1 Å². The van der Waals surface area contributed by atoms with Gasteiger partial charge in [0.05, 0.1) is 18.4 Å². The molecular formula is C24H28N4O4S2. The summed E-state index contributed by atoms with van der Waals surface area (Å²) in [7, 11) is 3.21. The summed E-state index contributed by atoms with van der Waals surface area (Å²) in [6, 6.07) is 7.81. The first kappa shape index (κ1) is 24.3. The monoisotopic (exact) mass is 500 g/mol. The molecule has 34 heavy (non-hydrogen) atoms. The second-order valence-electron chi connectivity index (χ2n) is 8.45. The Kier molecular flexibility index (Phi) is 7.57. The van der Waals surface area contributed by atoms with Gasteiger partial charge in [0.1, 0.15) is 17.4 Å². The van der Waals surface area contributed by atoms with Gasteiger partial charge in [-0.25, -0.2) is 4.79 Å². The van der Waals surface area contributed by atoms with Gasteiger partial charge in [0.2, 0.25) is 5.91 Å². The fraction of sp³-hybridized carbons (Fsp3) is 0.417. The number of nitrogens with zero attached hydrogens (tertiary/aromatic N) is 3. The molecule has 1 amide bonds. The van der Waals surface area contributed by atoms with Crippen molar-refractivity contribution in [2.45, 2.75) is 44.9 Å². The van der Waals surface area contributed by atoms with E-state index < -0.39 is 5.97 Å². The van der Waals surface area contributed by atoms with Crippen LogP contribution < -0.4 is 10.1 Å². The second kappa shape index (κ2) is 10.6. The number of aromatic nitrogens is 3. The number of hydrogen-bond acceptors (Lipinski definition) is 8. The molecule has 0 saturated carbocycles. The Morgan fingerprint density at radius 2 is 2.15 bits per heavy atom. The van der Waals surface area contributed by atoms with Crippen molar-refractivity contribution in [3.05, 3.63) is 51.7 Å². The van der Waals surface area contributed by atoms with Gasteiger partial charge in [-0.2, -0.15) is 0 Å². The molecule has 1 atom stereocenters. The molecular weight excluding hydrogens is 472 g/mol. The van der Waals surface area contributed by atoms with E-state index >= 15 is 0 Å². The first-order valence-electron chi connectivity index (χ1n) is 11.1. The number of rotatable bonds is 8. The van der Waals surface area contributed by atoms with E-state index in [0.717, 1.165) is 41.0 Å². The number of amides is 1. The van der Waals surface area contributed by atoms with Gasteiger partial charge in [0.25, 0.3) is 0 Å². The van der Waals surface area contributed by atoms with Crippen LogP contribution in [0.15, 0.2) is 29.4 Å². The lowest BCUT2D eigenvalue weighted by atomic mass is 9.88. The summed E-state index contributed by atoms with van der Waals surface area (Å²) in [5.74, 6) is 1.53. The van der Waals surface area contributed by atoms with Crippen LogP contribution in [0.3, 0.4) is 0 Å². The first-order valence-corrected chi connectivity index (χ1v) is 12.9. The number of benzene rings is 1. The number of hydrogen-bond donors (Lipinski definition) is 1. The van der Waals surface area contributed by atoms with Gasteiger partial charge in [-0.15, -0.1) is 21.5 Å². The molecule has 2 aromatic heterocycles. The van der Waals surface area contributed by atoms with Crippen LogP contribution in [-0.4, -0.2) is 39.5 Å². The van der Waals surface area contributed by atoms with E-state index in [-0.39, 0.29) is 18.3 Å². The molecule has 0 saturated heterocycles. The van der Waals surface area contributed by atoms with Crippen LogP contribution in [0.2, 0.25) is 0 Å². The fourth-order valence-electron chi connectivity index (χ4n) is 3.90. The third-order valence-electron chi connectivity index (χ3n) is 5.77. The Morgan fingerprint density at radius 1 is 1.32 bits per heavy atom. The molecule has 1 aliphatic rings. The highest BCUT2D eigenvalue weighted by Gasteiger charge is 2.29. The predicted octanol–water partition coefficient (Wildman–Crippen LogP) is 4.41. The van der Waals surface area contributed by atoms with Crippen LogP contribution in [0.25, 0.3) is 0 Å². The molecule has 0 radical (unpaired) electrons. The van der Waals surface area contributed by atoms with E-state index in [4.69, 9.17) is 9.47 Å².